The fraction of sp³-hybridized carbons (Fsp3) is 0.500. The van der Waals surface area contributed by atoms with Gasteiger partial charge in [0, 0.05) is 11.4 Å². The number of aryl methyl sites for hydroxylation is 2. The molecule has 0 radical (unpaired) electrons. The summed E-state index contributed by atoms with van der Waals surface area (Å²) in [6.45, 7) is 7.65. The van der Waals surface area contributed by atoms with E-state index in [1.165, 1.54) is 29.3 Å². The summed E-state index contributed by atoms with van der Waals surface area (Å²) in [7, 11) is 1.35. The molecule has 5 nitrogen and oxygen atoms in total. The largest absolute Gasteiger partial charge is 0.469 e. The normalized spacial score (nSPS) is 11.8. The number of esters is 1. The minimum atomic E-state index is -0.771. The highest BCUT2D eigenvalue weighted by Crippen LogP contribution is 2.26. The van der Waals surface area contributed by atoms with Crippen LogP contribution in [0.5, 0.6) is 0 Å². The summed E-state index contributed by atoms with van der Waals surface area (Å²) in [5.74, 6) is -0.345. The Morgan fingerprint density at radius 1 is 1.45 bits per heavy atom. The first-order chi connectivity index (χ1) is 9.27. The highest BCUT2D eigenvalue weighted by molar-refractivity contribution is 7.18. The molecule has 0 fully saturated rings. The van der Waals surface area contributed by atoms with Crippen molar-refractivity contribution in [2.24, 2.45) is 5.41 Å². The van der Waals surface area contributed by atoms with Gasteiger partial charge in [-0.15, -0.1) is 11.3 Å². The number of nitrogens with zero attached hydrogens (tertiary/aromatic N) is 2. The Balaban J connectivity index is 2.52. The first-order valence-electron chi connectivity index (χ1n) is 6.31. The molecular formula is C14H18N2O3S. The number of hydrogen-bond donors (Lipinski definition) is 0. The van der Waals surface area contributed by atoms with Gasteiger partial charge in [-0.05, 0) is 33.3 Å². The predicted octanol–water partition coefficient (Wildman–Crippen LogP) is 2.27. The first-order valence-corrected chi connectivity index (χ1v) is 7.13. The van der Waals surface area contributed by atoms with Crippen LogP contribution in [0.15, 0.2) is 11.1 Å². The molecule has 108 valence electrons. The molecule has 2 aromatic heterocycles. The fourth-order valence-corrected chi connectivity index (χ4v) is 3.14. The minimum Gasteiger partial charge on any atom is -0.469 e. The summed E-state index contributed by atoms with van der Waals surface area (Å²) < 4.78 is 6.25. The molecule has 0 N–H and O–H groups in total. The molecule has 2 heterocycles. The molecule has 2 rings (SSSR count). The van der Waals surface area contributed by atoms with Gasteiger partial charge in [0.05, 0.1) is 24.2 Å². The predicted molar refractivity (Wildman–Crippen MR) is 79.2 cm³/mol. The fourth-order valence-electron chi connectivity index (χ4n) is 2.15. The molecule has 6 heteroatoms. The van der Waals surface area contributed by atoms with E-state index in [-0.39, 0.29) is 18.1 Å². The summed E-state index contributed by atoms with van der Waals surface area (Å²) in [6.07, 6.45) is 1.50. The van der Waals surface area contributed by atoms with Gasteiger partial charge < -0.3 is 4.74 Å². The average molecular weight is 294 g/mol. The Morgan fingerprint density at radius 3 is 2.70 bits per heavy atom. The van der Waals surface area contributed by atoms with Crippen LogP contribution >= 0.6 is 11.3 Å². The Bertz CT molecular complexity index is 728. The zero-order valence-corrected chi connectivity index (χ0v) is 13.1. The smallest absolute Gasteiger partial charge is 0.313 e. The Morgan fingerprint density at radius 2 is 2.10 bits per heavy atom. The van der Waals surface area contributed by atoms with Crippen LogP contribution in [0, 0.1) is 19.3 Å². The molecular weight excluding hydrogens is 276 g/mol. The number of ether oxygens (including phenoxy) is 1. The molecule has 0 aliphatic rings. The third-order valence-corrected chi connectivity index (χ3v) is 4.57. The van der Waals surface area contributed by atoms with Crippen molar-refractivity contribution in [3.63, 3.8) is 0 Å². The molecule has 0 saturated heterocycles. The van der Waals surface area contributed by atoms with Crippen LogP contribution in [0.1, 0.15) is 24.3 Å². The molecule has 0 spiro atoms. The number of fused-ring (bicyclic) bond motifs is 1. The maximum atomic E-state index is 12.5. The number of methoxy groups -OCH3 is 1. The van der Waals surface area contributed by atoms with E-state index in [1.54, 1.807) is 13.8 Å². The molecule has 0 aromatic carbocycles. The molecule has 0 amide bonds. The van der Waals surface area contributed by atoms with E-state index in [4.69, 9.17) is 4.74 Å². The lowest BCUT2D eigenvalue weighted by molar-refractivity contribution is -0.151. The van der Waals surface area contributed by atoms with Crippen LogP contribution in [0.25, 0.3) is 10.2 Å². The molecule has 0 bridgehead atoms. The minimum absolute atomic E-state index is 0.103. The summed E-state index contributed by atoms with van der Waals surface area (Å²) in [5.41, 5.74) is 0.0916. The van der Waals surface area contributed by atoms with Gasteiger partial charge in [-0.25, -0.2) is 4.98 Å². The summed E-state index contributed by atoms with van der Waals surface area (Å²) >= 11 is 1.51. The van der Waals surface area contributed by atoms with Gasteiger partial charge in [0.1, 0.15) is 4.83 Å². The maximum Gasteiger partial charge on any atom is 0.313 e. The van der Waals surface area contributed by atoms with Crippen molar-refractivity contribution < 1.29 is 9.53 Å². The summed E-state index contributed by atoms with van der Waals surface area (Å²) in [4.78, 5) is 30.4. The zero-order valence-electron chi connectivity index (χ0n) is 12.3. The van der Waals surface area contributed by atoms with Crippen molar-refractivity contribution in [1.82, 2.24) is 9.55 Å². The lowest BCUT2D eigenvalue weighted by Gasteiger charge is -2.22. The number of carbonyl (C=O) groups is 1. The number of thiophene rings is 1. The summed E-state index contributed by atoms with van der Waals surface area (Å²) in [6, 6.07) is 0. The molecule has 0 saturated carbocycles. The Kier molecular flexibility index (Phi) is 3.69. The second-order valence-electron chi connectivity index (χ2n) is 5.52. The van der Waals surface area contributed by atoms with Crippen molar-refractivity contribution >= 4 is 27.5 Å². The Labute approximate surface area is 121 Å². The van der Waals surface area contributed by atoms with E-state index in [0.29, 0.717) is 5.39 Å². The van der Waals surface area contributed by atoms with Crippen LogP contribution in [0.4, 0.5) is 0 Å². The van der Waals surface area contributed by atoms with E-state index >= 15 is 0 Å². The number of hydrogen-bond acceptors (Lipinski definition) is 5. The first kappa shape index (κ1) is 14.7. The van der Waals surface area contributed by atoms with E-state index in [1.807, 2.05) is 13.8 Å². The van der Waals surface area contributed by atoms with Gasteiger partial charge in [0.15, 0.2) is 0 Å². The standard InChI is InChI=1S/C14H18N2O3S/c1-8-9(2)20-11-10(8)12(17)16(7-15-11)6-14(3,4)13(18)19-5/h7H,6H2,1-5H3. The summed E-state index contributed by atoms with van der Waals surface area (Å²) in [5, 5.41) is 0.649. The number of rotatable bonds is 3. The Hall–Kier alpha value is -1.69. The lowest BCUT2D eigenvalue weighted by Crippen LogP contribution is -2.35. The number of carbonyl (C=O) groups excluding carboxylic acids is 1. The van der Waals surface area contributed by atoms with E-state index in [0.717, 1.165) is 15.3 Å². The van der Waals surface area contributed by atoms with Crippen LogP contribution in [0.2, 0.25) is 0 Å². The van der Waals surface area contributed by atoms with E-state index in [2.05, 4.69) is 4.98 Å². The van der Waals surface area contributed by atoms with Gasteiger partial charge in [0.25, 0.3) is 5.56 Å². The van der Waals surface area contributed by atoms with Crippen molar-refractivity contribution in [2.75, 3.05) is 7.11 Å². The van der Waals surface area contributed by atoms with Crippen LogP contribution in [-0.4, -0.2) is 22.6 Å². The molecule has 0 aliphatic carbocycles. The van der Waals surface area contributed by atoms with Gasteiger partial charge in [0.2, 0.25) is 0 Å². The molecule has 0 unspecified atom stereocenters. The SMILES string of the molecule is COC(=O)C(C)(C)Cn1cnc2sc(C)c(C)c2c1=O. The topological polar surface area (TPSA) is 61.2 Å². The van der Waals surface area contributed by atoms with Crippen LogP contribution in [-0.2, 0) is 16.1 Å². The zero-order chi connectivity index (χ0) is 15.1. The van der Waals surface area contributed by atoms with Gasteiger partial charge >= 0.3 is 5.97 Å². The average Bonchev–Trinajstić information content (AvgIpc) is 2.68. The van der Waals surface area contributed by atoms with Crippen LogP contribution < -0.4 is 5.56 Å². The van der Waals surface area contributed by atoms with Crippen molar-refractivity contribution in [2.45, 2.75) is 34.2 Å². The second kappa shape index (κ2) is 5.01. The third-order valence-electron chi connectivity index (χ3n) is 3.46. The van der Waals surface area contributed by atoms with E-state index < -0.39 is 5.41 Å². The number of aromatic nitrogens is 2. The molecule has 2 aromatic rings. The van der Waals surface area contributed by atoms with Crippen molar-refractivity contribution in [3.05, 3.63) is 27.1 Å². The van der Waals surface area contributed by atoms with Crippen molar-refractivity contribution in [3.8, 4) is 0 Å². The lowest BCUT2D eigenvalue weighted by atomic mass is 9.93. The second-order valence-corrected chi connectivity index (χ2v) is 6.72. The van der Waals surface area contributed by atoms with Gasteiger partial charge in [-0.1, -0.05) is 0 Å². The monoisotopic (exact) mass is 294 g/mol. The van der Waals surface area contributed by atoms with Crippen molar-refractivity contribution in [1.29, 1.82) is 0 Å². The van der Waals surface area contributed by atoms with Crippen LogP contribution in [0.3, 0.4) is 0 Å². The quantitative estimate of drug-likeness (QED) is 0.815. The van der Waals surface area contributed by atoms with Gasteiger partial charge in [-0.3, -0.25) is 14.2 Å². The van der Waals surface area contributed by atoms with Gasteiger partial charge in [-0.2, -0.15) is 0 Å². The maximum absolute atomic E-state index is 12.5. The molecule has 20 heavy (non-hydrogen) atoms. The van der Waals surface area contributed by atoms with E-state index in [9.17, 15) is 9.59 Å². The highest BCUT2D eigenvalue weighted by atomic mass is 32.1. The highest BCUT2D eigenvalue weighted by Gasteiger charge is 2.30. The third kappa shape index (κ3) is 2.35. The molecule has 0 atom stereocenters. The molecule has 0 aliphatic heterocycles.